The highest BCUT2D eigenvalue weighted by Gasteiger charge is 2.41. The third kappa shape index (κ3) is 3.07. The van der Waals surface area contributed by atoms with Crippen molar-refractivity contribution < 1.29 is 14.6 Å². The number of para-hydroxylation sites is 2. The van der Waals surface area contributed by atoms with E-state index in [-0.39, 0.29) is 12.2 Å². The second-order valence-electron chi connectivity index (χ2n) is 7.88. The third-order valence-electron chi connectivity index (χ3n) is 6.36. The third-order valence-corrected chi connectivity index (χ3v) is 6.36. The molecule has 3 heterocycles. The van der Waals surface area contributed by atoms with Crippen molar-refractivity contribution in [1.29, 1.82) is 0 Å². The summed E-state index contributed by atoms with van der Waals surface area (Å²) in [4.78, 5) is 7.21. The Morgan fingerprint density at radius 1 is 1.17 bits per heavy atom. The molecule has 0 atom stereocenters. The van der Waals surface area contributed by atoms with E-state index in [1.165, 1.54) is 11.1 Å². The largest absolute Gasteiger partial charge is 0.497 e. The molecule has 0 unspecified atom stereocenters. The van der Waals surface area contributed by atoms with Crippen molar-refractivity contribution in [3.63, 3.8) is 0 Å². The van der Waals surface area contributed by atoms with E-state index in [0.29, 0.717) is 6.54 Å². The van der Waals surface area contributed by atoms with Gasteiger partial charge in [-0.2, -0.15) is 0 Å². The van der Waals surface area contributed by atoms with E-state index < -0.39 is 0 Å². The second kappa shape index (κ2) is 7.35. The Labute approximate surface area is 170 Å². The molecule has 1 fully saturated rings. The van der Waals surface area contributed by atoms with Crippen LogP contribution < -0.4 is 9.64 Å². The molecule has 6 nitrogen and oxygen atoms in total. The van der Waals surface area contributed by atoms with Gasteiger partial charge in [0.2, 0.25) is 5.95 Å². The molecule has 1 N–H and O–H groups in total. The highest BCUT2D eigenvalue weighted by atomic mass is 16.5. The van der Waals surface area contributed by atoms with Crippen LogP contribution in [0.4, 0.5) is 5.95 Å². The molecule has 2 aliphatic rings. The van der Waals surface area contributed by atoms with Crippen molar-refractivity contribution in [2.24, 2.45) is 0 Å². The number of imidazole rings is 1. The van der Waals surface area contributed by atoms with Crippen LogP contribution in [0.15, 0.2) is 42.5 Å². The summed E-state index contributed by atoms with van der Waals surface area (Å²) in [5.74, 6) is 1.86. The normalized spacial score (nSPS) is 18.2. The Balaban J connectivity index is 1.43. The van der Waals surface area contributed by atoms with Gasteiger partial charge in [-0.3, -0.25) is 0 Å². The summed E-state index contributed by atoms with van der Waals surface area (Å²) >= 11 is 0. The molecular weight excluding hydrogens is 366 g/mol. The van der Waals surface area contributed by atoms with Crippen molar-refractivity contribution in [2.45, 2.75) is 31.4 Å². The van der Waals surface area contributed by atoms with E-state index >= 15 is 0 Å². The molecule has 1 spiro atoms. The fraction of sp³-hybridized carbons (Fsp3) is 0.435. The van der Waals surface area contributed by atoms with Crippen LogP contribution >= 0.6 is 0 Å². The van der Waals surface area contributed by atoms with E-state index in [9.17, 15) is 5.11 Å². The number of aromatic nitrogens is 2. The van der Waals surface area contributed by atoms with Crippen LogP contribution in [-0.4, -0.2) is 48.1 Å². The summed E-state index contributed by atoms with van der Waals surface area (Å²) in [6.45, 7) is 3.16. The number of aliphatic hydroxyl groups excluding tert-OH is 1. The average molecular weight is 393 g/mol. The highest BCUT2D eigenvalue weighted by Crippen LogP contribution is 2.43. The first-order valence-corrected chi connectivity index (χ1v) is 10.4. The number of aliphatic hydroxyl groups is 1. The van der Waals surface area contributed by atoms with E-state index in [2.05, 4.69) is 27.7 Å². The number of benzene rings is 2. The topological polar surface area (TPSA) is 59.8 Å². The number of methoxy groups -OCH3 is 1. The number of hydrogen-bond donors (Lipinski definition) is 1. The lowest BCUT2D eigenvalue weighted by Gasteiger charge is -2.45. The molecule has 0 amide bonds. The molecule has 0 aliphatic carbocycles. The first-order chi connectivity index (χ1) is 14.2. The van der Waals surface area contributed by atoms with Gasteiger partial charge >= 0.3 is 0 Å². The zero-order valence-electron chi connectivity index (χ0n) is 16.8. The molecule has 5 rings (SSSR count). The number of rotatable bonds is 4. The summed E-state index contributed by atoms with van der Waals surface area (Å²) in [6, 6.07) is 14.5. The quantitative estimate of drug-likeness (QED) is 0.738. The molecule has 3 aromatic rings. The minimum atomic E-state index is -0.218. The number of ether oxygens (including phenoxy) is 2. The molecule has 29 heavy (non-hydrogen) atoms. The molecular formula is C23H27N3O3. The maximum absolute atomic E-state index is 9.57. The van der Waals surface area contributed by atoms with E-state index in [0.717, 1.165) is 61.7 Å². The average Bonchev–Trinajstić information content (AvgIpc) is 3.13. The summed E-state index contributed by atoms with van der Waals surface area (Å²) in [6.07, 6.45) is 2.79. The number of nitrogens with zero attached hydrogens (tertiary/aromatic N) is 3. The molecule has 2 aliphatic heterocycles. The molecule has 0 radical (unpaired) electrons. The number of piperidine rings is 1. The summed E-state index contributed by atoms with van der Waals surface area (Å²) in [5, 5.41) is 9.57. The molecule has 1 aromatic heterocycles. The smallest absolute Gasteiger partial charge is 0.206 e. The van der Waals surface area contributed by atoms with Crippen molar-refractivity contribution in [3.05, 3.63) is 53.6 Å². The standard InChI is InChI=1S/C23H27N3O3/c1-28-18-6-7-19-17(16-18)8-15-29-23(19)9-11-25(12-10-23)22-24-20-4-2-3-5-21(20)26(22)13-14-27/h2-7,16,27H,8-15H2,1H3. The van der Waals surface area contributed by atoms with Gasteiger partial charge in [0.05, 0.1) is 37.0 Å². The maximum Gasteiger partial charge on any atom is 0.206 e. The summed E-state index contributed by atoms with van der Waals surface area (Å²) < 4.78 is 13.9. The second-order valence-corrected chi connectivity index (χ2v) is 7.88. The maximum atomic E-state index is 9.57. The predicted octanol–water partition coefficient (Wildman–Crippen LogP) is 3.11. The SMILES string of the molecule is COc1ccc2c(c1)CCOC21CCN(c2nc3ccccc3n2CCO)CC1. The lowest BCUT2D eigenvalue weighted by molar-refractivity contribution is -0.0768. The van der Waals surface area contributed by atoms with Gasteiger partial charge in [0.25, 0.3) is 0 Å². The first-order valence-electron chi connectivity index (χ1n) is 10.4. The van der Waals surface area contributed by atoms with Crippen LogP contribution in [0, 0.1) is 0 Å². The Morgan fingerprint density at radius 3 is 2.79 bits per heavy atom. The van der Waals surface area contributed by atoms with Crippen LogP contribution in [0.5, 0.6) is 5.75 Å². The van der Waals surface area contributed by atoms with E-state index in [1.54, 1.807) is 7.11 Å². The van der Waals surface area contributed by atoms with Gasteiger partial charge in [-0.05, 0) is 54.7 Å². The Bertz CT molecular complexity index is 1020. The van der Waals surface area contributed by atoms with Gasteiger partial charge in [-0.15, -0.1) is 0 Å². The zero-order valence-corrected chi connectivity index (χ0v) is 16.8. The molecule has 1 saturated heterocycles. The van der Waals surface area contributed by atoms with E-state index in [1.807, 2.05) is 24.3 Å². The molecule has 152 valence electrons. The molecule has 0 saturated carbocycles. The fourth-order valence-electron chi connectivity index (χ4n) is 4.89. The van der Waals surface area contributed by atoms with Crippen molar-refractivity contribution in [3.8, 4) is 5.75 Å². The van der Waals surface area contributed by atoms with Crippen LogP contribution in [-0.2, 0) is 23.3 Å². The molecule has 6 heteroatoms. The zero-order chi connectivity index (χ0) is 19.8. The summed E-state index contributed by atoms with van der Waals surface area (Å²) in [5.41, 5.74) is 4.49. The number of fused-ring (bicyclic) bond motifs is 3. The first kappa shape index (κ1) is 18.5. The lowest BCUT2D eigenvalue weighted by Crippen LogP contribution is -2.47. The van der Waals surface area contributed by atoms with Gasteiger partial charge in [-0.1, -0.05) is 18.2 Å². The number of anilines is 1. The van der Waals surface area contributed by atoms with Gasteiger partial charge < -0.3 is 24.0 Å². The Hall–Kier alpha value is -2.57. The minimum absolute atomic E-state index is 0.101. The molecule has 2 aromatic carbocycles. The van der Waals surface area contributed by atoms with Crippen molar-refractivity contribution in [2.75, 3.05) is 38.3 Å². The van der Waals surface area contributed by atoms with Gasteiger partial charge in [0.1, 0.15) is 5.75 Å². The van der Waals surface area contributed by atoms with Crippen LogP contribution in [0.1, 0.15) is 24.0 Å². The van der Waals surface area contributed by atoms with Gasteiger partial charge in [-0.25, -0.2) is 4.98 Å². The Kier molecular flexibility index (Phi) is 4.68. The lowest BCUT2D eigenvalue weighted by atomic mass is 9.79. The highest BCUT2D eigenvalue weighted by molar-refractivity contribution is 5.78. The van der Waals surface area contributed by atoms with Crippen LogP contribution in [0.3, 0.4) is 0 Å². The number of hydrogen-bond acceptors (Lipinski definition) is 5. The summed E-state index contributed by atoms with van der Waals surface area (Å²) in [7, 11) is 1.72. The van der Waals surface area contributed by atoms with E-state index in [4.69, 9.17) is 14.5 Å². The van der Waals surface area contributed by atoms with Gasteiger partial charge in [0.15, 0.2) is 0 Å². The van der Waals surface area contributed by atoms with Crippen LogP contribution in [0.2, 0.25) is 0 Å². The van der Waals surface area contributed by atoms with Crippen LogP contribution in [0.25, 0.3) is 11.0 Å². The molecule has 0 bridgehead atoms. The Morgan fingerprint density at radius 2 is 2.00 bits per heavy atom. The fourth-order valence-corrected chi connectivity index (χ4v) is 4.89. The van der Waals surface area contributed by atoms with Crippen molar-refractivity contribution >= 4 is 17.0 Å². The minimum Gasteiger partial charge on any atom is -0.497 e. The van der Waals surface area contributed by atoms with Gasteiger partial charge in [0, 0.05) is 19.6 Å². The predicted molar refractivity (Wildman–Crippen MR) is 113 cm³/mol. The monoisotopic (exact) mass is 393 g/mol. The van der Waals surface area contributed by atoms with Crippen molar-refractivity contribution in [1.82, 2.24) is 9.55 Å².